The van der Waals surface area contributed by atoms with Gasteiger partial charge in [-0.15, -0.1) is 0 Å². The largest absolute Gasteiger partial charge is 0.463 e. The molecule has 1 nitrogen and oxygen atoms in total. The Morgan fingerprint density at radius 3 is 2.08 bits per heavy atom. The van der Waals surface area contributed by atoms with Gasteiger partial charge in [-0.3, -0.25) is 0 Å². The fourth-order valence-corrected chi connectivity index (χ4v) is 4.56. The van der Waals surface area contributed by atoms with Gasteiger partial charge in [-0.1, -0.05) is 6.58 Å². The third kappa shape index (κ3) is 2.72. The molecule has 0 unspecified atom stereocenters. The molecule has 0 aliphatic rings. The molecule has 0 bridgehead atoms. The molecule has 1 rings (SSSR count). The molecule has 1 aromatic rings. The molecular formula is C8H5I3O. The van der Waals surface area contributed by atoms with Crippen molar-refractivity contribution < 1.29 is 4.74 Å². The normalized spacial score (nSPS) is 9.58. The van der Waals surface area contributed by atoms with E-state index in [4.69, 9.17) is 4.74 Å². The maximum atomic E-state index is 5.27. The molecule has 64 valence electrons. The highest BCUT2D eigenvalue weighted by atomic mass is 127. The summed E-state index contributed by atoms with van der Waals surface area (Å²) < 4.78 is 8.72. The molecule has 0 saturated heterocycles. The predicted molar refractivity (Wildman–Crippen MR) is 75.4 cm³/mol. The van der Waals surface area contributed by atoms with Crippen molar-refractivity contribution in [3.63, 3.8) is 0 Å². The Labute approximate surface area is 112 Å². The average Bonchev–Trinajstić information content (AvgIpc) is 1.96. The molecule has 0 N–H and O–H groups in total. The van der Waals surface area contributed by atoms with E-state index in [1.807, 2.05) is 0 Å². The van der Waals surface area contributed by atoms with Gasteiger partial charge in [0.25, 0.3) is 0 Å². The van der Waals surface area contributed by atoms with Crippen molar-refractivity contribution in [2.45, 2.75) is 0 Å². The topological polar surface area (TPSA) is 9.23 Å². The highest BCUT2D eigenvalue weighted by Gasteiger charge is 2.06. The minimum absolute atomic E-state index is 0.895. The van der Waals surface area contributed by atoms with Gasteiger partial charge in [0.05, 0.1) is 13.4 Å². The van der Waals surface area contributed by atoms with E-state index >= 15 is 0 Å². The molecule has 0 spiro atoms. The van der Waals surface area contributed by atoms with Crippen LogP contribution in [-0.2, 0) is 0 Å². The molecular weight excluding hydrogens is 493 g/mol. The maximum Gasteiger partial charge on any atom is 0.153 e. The zero-order valence-corrected chi connectivity index (χ0v) is 12.5. The second kappa shape index (κ2) is 4.99. The summed E-state index contributed by atoms with van der Waals surface area (Å²) in [5.41, 5.74) is 0. The van der Waals surface area contributed by atoms with Crippen LogP contribution >= 0.6 is 67.8 Å². The summed E-state index contributed by atoms with van der Waals surface area (Å²) in [6.45, 7) is 3.53. The van der Waals surface area contributed by atoms with Crippen LogP contribution in [-0.4, -0.2) is 0 Å². The third-order valence-electron chi connectivity index (χ3n) is 1.16. The van der Waals surface area contributed by atoms with Crippen LogP contribution in [0.15, 0.2) is 25.0 Å². The SMILES string of the molecule is C=COc1c(I)cc(I)cc1I. The van der Waals surface area contributed by atoms with E-state index in [9.17, 15) is 0 Å². The Kier molecular flexibility index (Phi) is 4.58. The molecule has 1 aromatic carbocycles. The zero-order valence-electron chi connectivity index (χ0n) is 5.98. The molecule has 0 fully saturated rings. The molecule has 0 aromatic heterocycles. The first kappa shape index (κ1) is 11.0. The summed E-state index contributed by atoms with van der Waals surface area (Å²) >= 11 is 6.79. The van der Waals surface area contributed by atoms with Crippen molar-refractivity contribution in [3.05, 3.63) is 35.7 Å². The van der Waals surface area contributed by atoms with E-state index in [2.05, 4.69) is 86.5 Å². The van der Waals surface area contributed by atoms with Crippen molar-refractivity contribution >= 4 is 67.8 Å². The van der Waals surface area contributed by atoms with Gasteiger partial charge in [0.15, 0.2) is 5.75 Å². The fraction of sp³-hybridized carbons (Fsp3) is 0. The lowest BCUT2D eigenvalue weighted by Crippen LogP contribution is -1.90. The minimum atomic E-state index is 0.895. The van der Waals surface area contributed by atoms with Crippen LogP contribution in [0.4, 0.5) is 0 Å². The number of hydrogen-bond donors (Lipinski definition) is 0. The average molecular weight is 498 g/mol. The van der Waals surface area contributed by atoms with Crippen molar-refractivity contribution in [2.75, 3.05) is 0 Å². The molecule has 0 amide bonds. The van der Waals surface area contributed by atoms with Crippen LogP contribution in [0.25, 0.3) is 0 Å². The molecule has 0 radical (unpaired) electrons. The summed E-state index contributed by atoms with van der Waals surface area (Å²) in [6.07, 6.45) is 1.45. The number of hydrogen-bond acceptors (Lipinski definition) is 1. The first-order valence-corrected chi connectivity index (χ1v) is 6.31. The number of ether oxygens (including phenoxy) is 1. The van der Waals surface area contributed by atoms with Gasteiger partial charge in [-0.2, -0.15) is 0 Å². The lowest BCUT2D eigenvalue weighted by molar-refractivity contribution is 0.476. The minimum Gasteiger partial charge on any atom is -0.463 e. The Morgan fingerprint density at radius 1 is 1.17 bits per heavy atom. The summed E-state index contributed by atoms with van der Waals surface area (Å²) in [4.78, 5) is 0. The van der Waals surface area contributed by atoms with Crippen molar-refractivity contribution in [2.24, 2.45) is 0 Å². The molecule has 0 saturated carbocycles. The molecule has 4 heteroatoms. The van der Waals surface area contributed by atoms with E-state index in [1.54, 1.807) is 0 Å². The number of halogens is 3. The van der Waals surface area contributed by atoms with Gasteiger partial charge >= 0.3 is 0 Å². The van der Waals surface area contributed by atoms with Crippen LogP contribution in [0, 0.1) is 10.7 Å². The zero-order chi connectivity index (χ0) is 9.14. The Balaban J connectivity index is 3.18. The van der Waals surface area contributed by atoms with Gasteiger partial charge in [0.1, 0.15) is 0 Å². The number of benzene rings is 1. The monoisotopic (exact) mass is 498 g/mol. The maximum absolute atomic E-state index is 5.27. The van der Waals surface area contributed by atoms with Gasteiger partial charge in [0, 0.05) is 3.57 Å². The van der Waals surface area contributed by atoms with Crippen LogP contribution in [0.2, 0.25) is 0 Å². The van der Waals surface area contributed by atoms with Gasteiger partial charge in [-0.25, -0.2) is 0 Å². The first-order valence-electron chi connectivity index (χ1n) is 3.07. The second-order valence-corrected chi connectivity index (χ2v) is 5.55. The van der Waals surface area contributed by atoms with Crippen molar-refractivity contribution in [3.8, 4) is 5.75 Å². The lowest BCUT2D eigenvalue weighted by atomic mass is 10.3. The summed E-state index contributed by atoms with van der Waals surface area (Å²) in [7, 11) is 0. The van der Waals surface area contributed by atoms with E-state index < -0.39 is 0 Å². The highest BCUT2D eigenvalue weighted by molar-refractivity contribution is 14.1. The summed E-state index contributed by atoms with van der Waals surface area (Å²) in [5, 5.41) is 0. The van der Waals surface area contributed by atoms with E-state index in [0.717, 1.165) is 12.9 Å². The molecule has 0 aliphatic carbocycles. The summed E-state index contributed by atoms with van der Waals surface area (Å²) in [6, 6.07) is 4.14. The molecule has 0 atom stereocenters. The van der Waals surface area contributed by atoms with Crippen LogP contribution in [0.1, 0.15) is 0 Å². The smallest absolute Gasteiger partial charge is 0.153 e. The van der Waals surface area contributed by atoms with E-state index in [0.29, 0.717) is 0 Å². The fourth-order valence-electron chi connectivity index (χ4n) is 0.725. The third-order valence-corrected chi connectivity index (χ3v) is 3.39. The van der Waals surface area contributed by atoms with E-state index in [1.165, 1.54) is 9.83 Å². The quantitative estimate of drug-likeness (QED) is 0.443. The van der Waals surface area contributed by atoms with Crippen LogP contribution in [0.5, 0.6) is 5.75 Å². The lowest BCUT2D eigenvalue weighted by Gasteiger charge is -2.05. The standard InChI is InChI=1S/C8H5I3O/c1-2-12-8-6(10)3-5(9)4-7(8)11/h2-4H,1H2. The Morgan fingerprint density at radius 2 is 1.67 bits per heavy atom. The van der Waals surface area contributed by atoms with Gasteiger partial charge in [-0.05, 0) is 79.9 Å². The molecule has 0 heterocycles. The van der Waals surface area contributed by atoms with Crippen LogP contribution < -0.4 is 4.74 Å². The second-order valence-electron chi connectivity index (χ2n) is 1.98. The predicted octanol–water partition coefficient (Wildman–Crippen LogP) is 4.02. The molecule has 0 aliphatic heterocycles. The Hall–Kier alpha value is 0.950. The van der Waals surface area contributed by atoms with Crippen LogP contribution in [0.3, 0.4) is 0 Å². The first-order chi connectivity index (χ1) is 5.65. The van der Waals surface area contributed by atoms with Crippen molar-refractivity contribution in [1.29, 1.82) is 0 Å². The summed E-state index contributed by atoms with van der Waals surface area (Å²) in [5.74, 6) is 0.895. The number of rotatable bonds is 2. The van der Waals surface area contributed by atoms with Crippen molar-refractivity contribution in [1.82, 2.24) is 0 Å². The Bertz CT molecular complexity index is 286. The van der Waals surface area contributed by atoms with E-state index in [-0.39, 0.29) is 0 Å². The highest BCUT2D eigenvalue weighted by Crippen LogP contribution is 2.29. The molecule has 12 heavy (non-hydrogen) atoms. The van der Waals surface area contributed by atoms with Gasteiger partial charge in [0.2, 0.25) is 0 Å². The van der Waals surface area contributed by atoms with Gasteiger partial charge < -0.3 is 4.74 Å².